The zero-order valence-electron chi connectivity index (χ0n) is 14.0. The lowest BCUT2D eigenvalue weighted by atomic mass is 10.0. The highest BCUT2D eigenvalue weighted by molar-refractivity contribution is 8.03. The van der Waals surface area contributed by atoms with Gasteiger partial charge >= 0.3 is 0 Å². The maximum atomic E-state index is 12.9. The van der Waals surface area contributed by atoms with Gasteiger partial charge in [-0.05, 0) is 44.2 Å². The summed E-state index contributed by atoms with van der Waals surface area (Å²) in [5, 5.41) is 2.62. The van der Waals surface area contributed by atoms with Gasteiger partial charge in [0.25, 0.3) is 5.91 Å². The lowest BCUT2D eigenvalue weighted by molar-refractivity contribution is -0.122. The Morgan fingerprint density at radius 2 is 1.88 bits per heavy atom. The molecule has 2 aliphatic heterocycles. The van der Waals surface area contributed by atoms with Crippen LogP contribution in [-0.2, 0) is 14.5 Å². The van der Waals surface area contributed by atoms with Crippen molar-refractivity contribution in [3.8, 4) is 5.75 Å². The van der Waals surface area contributed by atoms with E-state index in [0.717, 1.165) is 17.0 Å². The topological polar surface area (TPSA) is 58.6 Å². The number of fused-ring (bicyclic) bond motifs is 2. The lowest BCUT2D eigenvalue weighted by Gasteiger charge is -2.32. The van der Waals surface area contributed by atoms with Crippen molar-refractivity contribution in [3.05, 3.63) is 54.1 Å². The van der Waals surface area contributed by atoms with Gasteiger partial charge in [-0.15, -0.1) is 11.8 Å². The highest BCUT2D eigenvalue weighted by Crippen LogP contribution is 2.55. The van der Waals surface area contributed by atoms with E-state index in [9.17, 15) is 9.59 Å². The quantitative estimate of drug-likeness (QED) is 0.918. The Morgan fingerprint density at radius 1 is 1.16 bits per heavy atom. The Labute approximate surface area is 150 Å². The van der Waals surface area contributed by atoms with Gasteiger partial charge in [0.15, 0.2) is 0 Å². The molecule has 4 rings (SSSR count). The van der Waals surface area contributed by atoms with Crippen molar-refractivity contribution in [2.75, 3.05) is 16.8 Å². The van der Waals surface area contributed by atoms with Crippen molar-refractivity contribution < 1.29 is 14.3 Å². The third kappa shape index (κ3) is 2.24. The zero-order valence-corrected chi connectivity index (χ0v) is 14.8. The third-order valence-corrected chi connectivity index (χ3v) is 5.97. The summed E-state index contributed by atoms with van der Waals surface area (Å²) in [5.41, 5.74) is 2.28. The van der Waals surface area contributed by atoms with Gasteiger partial charge in [-0.2, -0.15) is 0 Å². The van der Waals surface area contributed by atoms with Gasteiger partial charge in [0, 0.05) is 16.9 Å². The Bertz CT molecular complexity index is 852. The van der Waals surface area contributed by atoms with Gasteiger partial charge < -0.3 is 10.1 Å². The van der Waals surface area contributed by atoms with Crippen LogP contribution in [0.15, 0.2) is 48.5 Å². The molecule has 2 atom stereocenters. The molecule has 1 fully saturated rings. The summed E-state index contributed by atoms with van der Waals surface area (Å²) < 4.78 is 5.48. The van der Waals surface area contributed by atoms with Gasteiger partial charge in [-0.1, -0.05) is 18.2 Å². The summed E-state index contributed by atoms with van der Waals surface area (Å²) in [6.07, 6.45) is 0. The number of ether oxygens (including phenoxy) is 1. The van der Waals surface area contributed by atoms with E-state index in [1.807, 2.05) is 62.4 Å². The molecule has 1 N–H and O–H groups in total. The van der Waals surface area contributed by atoms with Crippen molar-refractivity contribution in [2.24, 2.45) is 0 Å². The van der Waals surface area contributed by atoms with Crippen LogP contribution in [0.3, 0.4) is 0 Å². The fraction of sp³-hybridized carbons (Fsp3) is 0.263. The molecule has 5 nitrogen and oxygen atoms in total. The fourth-order valence-electron chi connectivity index (χ4n) is 3.42. The maximum absolute atomic E-state index is 12.9. The molecule has 128 valence electrons. The number of thioether (sulfide) groups is 1. The molecule has 0 aliphatic carbocycles. The molecule has 2 amide bonds. The second-order valence-electron chi connectivity index (χ2n) is 6.00. The molecule has 0 radical (unpaired) electrons. The molecule has 25 heavy (non-hydrogen) atoms. The Kier molecular flexibility index (Phi) is 3.72. The number of anilines is 2. The van der Waals surface area contributed by atoms with E-state index in [-0.39, 0.29) is 17.1 Å². The number of hydrogen-bond donors (Lipinski definition) is 1. The second-order valence-corrected chi connectivity index (χ2v) is 7.54. The summed E-state index contributed by atoms with van der Waals surface area (Å²) in [4.78, 5) is 26.4. The number of benzene rings is 2. The smallest absolute Gasteiger partial charge is 0.266 e. The number of nitrogens with zero attached hydrogens (tertiary/aromatic N) is 1. The van der Waals surface area contributed by atoms with Gasteiger partial charge in [0.05, 0.1) is 11.9 Å². The highest BCUT2D eigenvalue weighted by Gasteiger charge is 2.60. The van der Waals surface area contributed by atoms with Crippen LogP contribution in [0, 0.1) is 0 Å². The molecule has 2 aromatic carbocycles. The molecule has 0 aromatic heterocycles. The average molecular weight is 354 g/mol. The SMILES string of the molecule is CCOc1ccc(N2C(=O)[C@H](C)S[C@@]23C(=O)Nc2ccccc23)cc1. The first kappa shape index (κ1) is 16.0. The molecule has 2 aromatic rings. The lowest BCUT2D eigenvalue weighted by Crippen LogP contribution is -2.47. The molecule has 0 saturated carbocycles. The van der Waals surface area contributed by atoms with Gasteiger partial charge in [0.2, 0.25) is 10.8 Å². The van der Waals surface area contributed by atoms with Crippen LogP contribution in [-0.4, -0.2) is 23.7 Å². The van der Waals surface area contributed by atoms with E-state index in [1.165, 1.54) is 11.8 Å². The molecule has 1 spiro atoms. The van der Waals surface area contributed by atoms with Gasteiger partial charge in [-0.25, -0.2) is 0 Å². The van der Waals surface area contributed by atoms with Crippen LogP contribution in [0.2, 0.25) is 0 Å². The Hall–Kier alpha value is -2.47. The molecule has 0 unspecified atom stereocenters. The minimum Gasteiger partial charge on any atom is -0.494 e. The van der Waals surface area contributed by atoms with Crippen LogP contribution in [0.25, 0.3) is 0 Å². The number of nitrogens with one attached hydrogen (secondary N) is 1. The Morgan fingerprint density at radius 3 is 2.60 bits per heavy atom. The summed E-state index contributed by atoms with van der Waals surface area (Å²) in [5.74, 6) is 0.496. The zero-order chi connectivity index (χ0) is 17.6. The minimum absolute atomic E-state index is 0.0685. The van der Waals surface area contributed by atoms with Crippen LogP contribution in [0.1, 0.15) is 19.4 Å². The molecular formula is C19H18N2O3S. The third-order valence-electron chi connectivity index (χ3n) is 4.48. The number of carbonyl (C=O) groups is 2. The monoisotopic (exact) mass is 354 g/mol. The van der Waals surface area contributed by atoms with E-state index in [1.54, 1.807) is 4.90 Å². The van der Waals surface area contributed by atoms with E-state index in [4.69, 9.17) is 4.74 Å². The van der Waals surface area contributed by atoms with Gasteiger partial charge in [-0.3, -0.25) is 14.5 Å². The summed E-state index contributed by atoms with van der Waals surface area (Å²) >= 11 is 1.38. The van der Waals surface area contributed by atoms with E-state index >= 15 is 0 Å². The highest BCUT2D eigenvalue weighted by atomic mass is 32.2. The Balaban J connectivity index is 1.84. The van der Waals surface area contributed by atoms with Crippen molar-refractivity contribution in [3.63, 3.8) is 0 Å². The predicted octanol–water partition coefficient (Wildman–Crippen LogP) is 3.36. The first-order valence-electron chi connectivity index (χ1n) is 8.23. The largest absolute Gasteiger partial charge is 0.494 e. The summed E-state index contributed by atoms with van der Waals surface area (Å²) in [7, 11) is 0. The van der Waals surface area contributed by atoms with Gasteiger partial charge in [0.1, 0.15) is 5.75 Å². The maximum Gasteiger partial charge on any atom is 0.266 e. The second kappa shape index (κ2) is 5.81. The molecule has 2 aliphatic rings. The minimum atomic E-state index is -1.06. The number of rotatable bonds is 3. The van der Waals surface area contributed by atoms with Crippen LogP contribution >= 0.6 is 11.8 Å². The van der Waals surface area contributed by atoms with Crippen LogP contribution in [0.4, 0.5) is 11.4 Å². The van der Waals surface area contributed by atoms with Crippen LogP contribution in [0.5, 0.6) is 5.75 Å². The first-order chi connectivity index (χ1) is 12.1. The standard InChI is InChI=1S/C19H18N2O3S/c1-3-24-14-10-8-13(9-11-14)21-17(22)12(2)25-19(21)15-6-4-5-7-16(15)20-18(19)23/h4-12H,3H2,1-2H3,(H,20,23)/t12-,19-/m0/s1. The first-order valence-corrected chi connectivity index (χ1v) is 9.11. The van der Waals surface area contributed by atoms with Crippen molar-refractivity contribution >= 4 is 35.0 Å². The van der Waals surface area contributed by atoms with E-state index in [0.29, 0.717) is 12.3 Å². The number of amides is 2. The normalized spacial score (nSPS) is 24.6. The summed E-state index contributed by atoms with van der Waals surface area (Å²) in [6.45, 7) is 4.34. The number of hydrogen-bond acceptors (Lipinski definition) is 4. The van der Waals surface area contributed by atoms with E-state index in [2.05, 4.69) is 5.32 Å². The molecule has 6 heteroatoms. The predicted molar refractivity (Wildman–Crippen MR) is 98.9 cm³/mol. The van der Waals surface area contributed by atoms with Crippen LogP contribution < -0.4 is 15.0 Å². The van der Waals surface area contributed by atoms with Crippen molar-refractivity contribution in [1.82, 2.24) is 0 Å². The molecule has 1 saturated heterocycles. The summed E-state index contributed by atoms with van der Waals surface area (Å²) in [6, 6.07) is 14.9. The van der Waals surface area contributed by atoms with Crippen molar-refractivity contribution in [1.29, 1.82) is 0 Å². The number of para-hydroxylation sites is 1. The molecular weight excluding hydrogens is 336 g/mol. The van der Waals surface area contributed by atoms with Crippen molar-refractivity contribution in [2.45, 2.75) is 24.0 Å². The molecule has 0 bridgehead atoms. The average Bonchev–Trinajstić information content (AvgIpc) is 3.04. The van der Waals surface area contributed by atoms with E-state index < -0.39 is 4.87 Å². The fourth-order valence-corrected chi connectivity index (χ4v) is 4.90. The number of carbonyl (C=O) groups excluding carboxylic acids is 2. The molecule has 2 heterocycles.